The van der Waals surface area contributed by atoms with E-state index in [-0.39, 0.29) is 18.0 Å². The highest BCUT2D eigenvalue weighted by atomic mass is 32.2. The fourth-order valence-corrected chi connectivity index (χ4v) is 3.08. The Bertz CT molecular complexity index is 639. The fourth-order valence-electron chi connectivity index (χ4n) is 2.23. The maximum Gasteiger partial charge on any atom is 0.230 e. The first-order chi connectivity index (χ1) is 11.0. The third kappa shape index (κ3) is 4.58. The summed E-state index contributed by atoms with van der Waals surface area (Å²) in [5.74, 6) is 1.22. The van der Waals surface area contributed by atoms with Crippen LogP contribution in [0.25, 0.3) is 11.4 Å². The number of thioether (sulfide) groups is 1. The zero-order chi connectivity index (χ0) is 16.8. The van der Waals surface area contributed by atoms with Gasteiger partial charge in [-0.2, -0.15) is 0 Å². The molecule has 1 amide bonds. The van der Waals surface area contributed by atoms with Crippen molar-refractivity contribution in [3.8, 4) is 11.4 Å². The minimum atomic E-state index is 0.0185. The average Bonchev–Trinajstić information content (AvgIpc) is 2.96. The number of rotatable bonds is 7. The highest BCUT2D eigenvalue weighted by molar-refractivity contribution is 7.99. The molecule has 0 radical (unpaired) electrons. The summed E-state index contributed by atoms with van der Waals surface area (Å²) in [4.78, 5) is 11.9. The van der Waals surface area contributed by atoms with E-state index >= 15 is 0 Å². The van der Waals surface area contributed by atoms with Gasteiger partial charge < -0.3 is 5.32 Å². The molecule has 1 N–H and O–H groups in total. The third-order valence-corrected chi connectivity index (χ3v) is 4.45. The molecule has 0 spiro atoms. The van der Waals surface area contributed by atoms with Crippen molar-refractivity contribution in [2.75, 3.05) is 5.75 Å². The van der Waals surface area contributed by atoms with Gasteiger partial charge in [0.05, 0.1) is 5.75 Å². The number of hydrogen-bond donors (Lipinski definition) is 1. The van der Waals surface area contributed by atoms with E-state index in [0.717, 1.165) is 23.0 Å². The molecule has 0 aliphatic rings. The van der Waals surface area contributed by atoms with E-state index in [1.54, 1.807) is 0 Å². The molecule has 0 bridgehead atoms. The number of nitrogens with zero attached hydrogens (tertiary/aromatic N) is 3. The number of aromatic nitrogens is 3. The Kier molecular flexibility index (Phi) is 6.21. The van der Waals surface area contributed by atoms with Crippen molar-refractivity contribution in [1.29, 1.82) is 0 Å². The first-order valence-electron chi connectivity index (χ1n) is 7.95. The number of hydrogen-bond acceptors (Lipinski definition) is 4. The Hall–Kier alpha value is -1.82. The SMILES string of the molecule is CC[C@@H](C)n1c(SCC(=O)NC(C)C)nnc1-c1ccccc1. The van der Waals surface area contributed by atoms with Crippen LogP contribution in [0.15, 0.2) is 35.5 Å². The Morgan fingerprint density at radius 1 is 1.22 bits per heavy atom. The molecule has 1 heterocycles. The van der Waals surface area contributed by atoms with Crippen molar-refractivity contribution >= 4 is 17.7 Å². The third-order valence-electron chi connectivity index (χ3n) is 3.51. The topological polar surface area (TPSA) is 59.8 Å². The van der Waals surface area contributed by atoms with Crippen LogP contribution < -0.4 is 5.32 Å². The molecule has 0 saturated heterocycles. The fraction of sp³-hybridized carbons (Fsp3) is 0.471. The molecular weight excluding hydrogens is 308 g/mol. The maximum atomic E-state index is 11.9. The molecule has 0 fully saturated rings. The Morgan fingerprint density at radius 2 is 1.91 bits per heavy atom. The molecule has 1 aromatic heterocycles. The molecule has 1 aromatic carbocycles. The molecule has 1 atom stereocenters. The second-order valence-corrected chi connectivity index (χ2v) is 6.75. The zero-order valence-electron chi connectivity index (χ0n) is 14.1. The molecule has 5 nitrogen and oxygen atoms in total. The van der Waals surface area contributed by atoms with Gasteiger partial charge in [-0.15, -0.1) is 10.2 Å². The molecule has 0 aliphatic carbocycles. The number of carbonyl (C=O) groups excluding carboxylic acids is 1. The summed E-state index contributed by atoms with van der Waals surface area (Å²) < 4.78 is 2.13. The van der Waals surface area contributed by atoms with Gasteiger partial charge in [-0.05, 0) is 27.2 Å². The van der Waals surface area contributed by atoms with E-state index in [2.05, 4.69) is 33.9 Å². The molecule has 2 aromatic rings. The summed E-state index contributed by atoms with van der Waals surface area (Å²) in [6.07, 6.45) is 0.976. The second kappa shape index (κ2) is 8.15. The van der Waals surface area contributed by atoms with E-state index < -0.39 is 0 Å². The first kappa shape index (κ1) is 17.5. The summed E-state index contributed by atoms with van der Waals surface area (Å²) in [5.41, 5.74) is 1.04. The van der Waals surface area contributed by atoms with Crippen molar-refractivity contribution in [2.24, 2.45) is 0 Å². The molecule has 0 unspecified atom stereocenters. The summed E-state index contributed by atoms with van der Waals surface area (Å²) in [7, 11) is 0. The second-order valence-electron chi connectivity index (χ2n) is 5.81. The van der Waals surface area contributed by atoms with Crippen LogP contribution >= 0.6 is 11.8 Å². The monoisotopic (exact) mass is 332 g/mol. The van der Waals surface area contributed by atoms with E-state index in [1.807, 2.05) is 44.2 Å². The average molecular weight is 332 g/mol. The Morgan fingerprint density at radius 3 is 2.52 bits per heavy atom. The summed E-state index contributed by atoms with van der Waals surface area (Å²) in [5, 5.41) is 12.3. The summed E-state index contributed by atoms with van der Waals surface area (Å²) in [6.45, 7) is 8.20. The molecule has 6 heteroatoms. The number of benzene rings is 1. The van der Waals surface area contributed by atoms with E-state index in [1.165, 1.54) is 11.8 Å². The van der Waals surface area contributed by atoms with Gasteiger partial charge in [0.2, 0.25) is 5.91 Å². The van der Waals surface area contributed by atoms with Gasteiger partial charge in [0.25, 0.3) is 0 Å². The lowest BCUT2D eigenvalue weighted by molar-refractivity contribution is -0.119. The highest BCUT2D eigenvalue weighted by Crippen LogP contribution is 2.28. The van der Waals surface area contributed by atoms with Crippen molar-refractivity contribution in [1.82, 2.24) is 20.1 Å². The molecule has 124 valence electrons. The van der Waals surface area contributed by atoms with Gasteiger partial charge in [0, 0.05) is 17.6 Å². The zero-order valence-corrected chi connectivity index (χ0v) is 14.9. The van der Waals surface area contributed by atoms with Crippen molar-refractivity contribution in [3.63, 3.8) is 0 Å². The minimum Gasteiger partial charge on any atom is -0.353 e. The lowest BCUT2D eigenvalue weighted by atomic mass is 10.2. The van der Waals surface area contributed by atoms with Crippen LogP contribution in [0, 0.1) is 0 Å². The summed E-state index contributed by atoms with van der Waals surface area (Å²) >= 11 is 1.43. The van der Waals surface area contributed by atoms with Gasteiger partial charge in [-0.1, -0.05) is 49.0 Å². The van der Waals surface area contributed by atoms with Gasteiger partial charge in [-0.3, -0.25) is 9.36 Å². The number of carbonyl (C=O) groups is 1. The van der Waals surface area contributed by atoms with Crippen LogP contribution in [-0.4, -0.2) is 32.5 Å². The van der Waals surface area contributed by atoms with Crippen LogP contribution in [0.4, 0.5) is 0 Å². The predicted octanol–water partition coefficient (Wildman–Crippen LogP) is 3.53. The van der Waals surface area contributed by atoms with Crippen molar-refractivity contribution in [3.05, 3.63) is 30.3 Å². The van der Waals surface area contributed by atoms with Crippen molar-refractivity contribution in [2.45, 2.75) is 51.4 Å². The van der Waals surface area contributed by atoms with Crippen LogP contribution in [0.5, 0.6) is 0 Å². The Balaban J connectivity index is 2.23. The quantitative estimate of drug-likeness (QED) is 0.788. The molecular formula is C17H24N4OS. The lowest BCUT2D eigenvalue weighted by Gasteiger charge is -2.16. The van der Waals surface area contributed by atoms with E-state index in [4.69, 9.17) is 0 Å². The van der Waals surface area contributed by atoms with E-state index in [0.29, 0.717) is 5.75 Å². The van der Waals surface area contributed by atoms with Crippen molar-refractivity contribution < 1.29 is 4.79 Å². The van der Waals surface area contributed by atoms with Crippen LogP contribution in [0.2, 0.25) is 0 Å². The Labute approximate surface area is 141 Å². The standard InChI is InChI=1S/C17H24N4OS/c1-5-13(4)21-16(14-9-7-6-8-10-14)19-20-17(21)23-11-15(22)18-12(2)3/h6-10,12-13H,5,11H2,1-4H3,(H,18,22)/t13-/m1/s1. The largest absolute Gasteiger partial charge is 0.353 e. The number of amides is 1. The van der Waals surface area contributed by atoms with Gasteiger partial charge in [-0.25, -0.2) is 0 Å². The lowest BCUT2D eigenvalue weighted by Crippen LogP contribution is -2.31. The minimum absolute atomic E-state index is 0.0185. The maximum absolute atomic E-state index is 11.9. The van der Waals surface area contributed by atoms with Crippen LogP contribution in [-0.2, 0) is 4.79 Å². The van der Waals surface area contributed by atoms with E-state index in [9.17, 15) is 4.79 Å². The van der Waals surface area contributed by atoms with Gasteiger partial charge >= 0.3 is 0 Å². The first-order valence-corrected chi connectivity index (χ1v) is 8.94. The smallest absolute Gasteiger partial charge is 0.230 e. The summed E-state index contributed by atoms with van der Waals surface area (Å²) in [6, 6.07) is 10.5. The molecule has 23 heavy (non-hydrogen) atoms. The highest BCUT2D eigenvalue weighted by Gasteiger charge is 2.19. The van der Waals surface area contributed by atoms with Crippen LogP contribution in [0.3, 0.4) is 0 Å². The molecule has 0 aliphatic heterocycles. The van der Waals surface area contributed by atoms with Crippen LogP contribution in [0.1, 0.15) is 40.2 Å². The normalized spacial score (nSPS) is 12.4. The molecule has 0 saturated carbocycles. The predicted molar refractivity (Wildman–Crippen MR) is 94.5 cm³/mol. The number of nitrogens with one attached hydrogen (secondary N) is 1. The van der Waals surface area contributed by atoms with Gasteiger partial charge in [0.15, 0.2) is 11.0 Å². The molecule has 2 rings (SSSR count). The van der Waals surface area contributed by atoms with Gasteiger partial charge in [0.1, 0.15) is 0 Å².